The van der Waals surface area contributed by atoms with Crippen molar-refractivity contribution in [2.45, 2.75) is 37.0 Å². The second kappa shape index (κ2) is 5.42. The summed E-state index contributed by atoms with van der Waals surface area (Å²) in [6.45, 7) is 0.696. The van der Waals surface area contributed by atoms with E-state index in [0.29, 0.717) is 11.4 Å². The van der Waals surface area contributed by atoms with Gasteiger partial charge in [0.2, 0.25) is 0 Å². The Kier molecular flexibility index (Phi) is 4.70. The molecule has 1 nitrogen and oxygen atoms in total. The van der Waals surface area contributed by atoms with Crippen molar-refractivity contribution in [3.63, 3.8) is 0 Å². The first-order chi connectivity index (χ1) is 9.21. The lowest BCUT2D eigenvalue weighted by Crippen LogP contribution is -2.56. The molecule has 0 aliphatic rings. The number of rotatable bonds is 3. The van der Waals surface area contributed by atoms with E-state index in [-0.39, 0.29) is 5.56 Å². The molecule has 1 unspecified atom stereocenters. The molecular weight excluding hydrogens is 373 g/mol. The van der Waals surface area contributed by atoms with Gasteiger partial charge in [-0.05, 0) is 24.6 Å². The summed E-state index contributed by atoms with van der Waals surface area (Å²) >= 11 is 3.02. The van der Waals surface area contributed by atoms with Crippen LogP contribution in [0.15, 0.2) is 28.7 Å². The maximum Gasteiger partial charge on any atom is 0.431 e. The third kappa shape index (κ3) is 3.68. The highest BCUT2D eigenvalue weighted by Crippen LogP contribution is 2.51. The molecule has 1 rings (SSSR count). The van der Waals surface area contributed by atoms with E-state index < -0.39 is 30.0 Å². The Morgan fingerprint density at radius 3 is 1.62 bits per heavy atom. The summed E-state index contributed by atoms with van der Waals surface area (Å²) in [5.41, 5.74) is -8.42. The van der Waals surface area contributed by atoms with Crippen LogP contribution in [0.5, 0.6) is 0 Å². The third-order valence-corrected chi connectivity index (χ3v) is 3.48. The largest absolute Gasteiger partial charge is 0.431 e. The van der Waals surface area contributed by atoms with Gasteiger partial charge in [0.15, 0.2) is 0 Å². The van der Waals surface area contributed by atoms with E-state index in [9.17, 15) is 35.8 Å². The molecule has 0 spiro atoms. The number of benzene rings is 1. The van der Waals surface area contributed by atoms with Crippen LogP contribution >= 0.6 is 15.9 Å². The van der Waals surface area contributed by atoms with E-state index in [4.69, 9.17) is 0 Å². The number of aliphatic hydroxyl groups is 1. The monoisotopic (exact) mass is 382 g/mol. The lowest BCUT2D eigenvalue weighted by molar-refractivity contribution is -0.352. The van der Waals surface area contributed by atoms with E-state index in [1.807, 2.05) is 0 Å². The summed E-state index contributed by atoms with van der Waals surface area (Å²) in [5, 5.41) is 9.88. The normalized spacial score (nSPS) is 16.7. The van der Waals surface area contributed by atoms with Crippen LogP contribution in [0.2, 0.25) is 0 Å². The lowest BCUT2D eigenvalue weighted by atomic mass is 9.83. The van der Waals surface area contributed by atoms with Crippen molar-refractivity contribution in [1.29, 1.82) is 0 Å². The molecule has 0 saturated carbocycles. The number of hydrogen-bond donors (Lipinski definition) is 1. The van der Waals surface area contributed by atoms with Gasteiger partial charge >= 0.3 is 18.0 Å². The van der Waals surface area contributed by atoms with Crippen LogP contribution in [0.25, 0.3) is 0 Å². The van der Waals surface area contributed by atoms with Gasteiger partial charge in [0, 0.05) is 10.9 Å². The lowest BCUT2D eigenvalue weighted by Gasteiger charge is -2.36. The zero-order valence-corrected chi connectivity index (χ0v) is 12.1. The smallest absolute Gasteiger partial charge is 0.385 e. The van der Waals surface area contributed by atoms with Crippen molar-refractivity contribution in [3.05, 3.63) is 34.3 Å². The van der Waals surface area contributed by atoms with Crippen LogP contribution in [0.3, 0.4) is 0 Å². The summed E-state index contributed by atoms with van der Waals surface area (Å²) in [6.07, 6.45) is -14.6. The molecule has 1 aromatic rings. The molecule has 0 aliphatic carbocycles. The average molecular weight is 383 g/mol. The van der Waals surface area contributed by atoms with Crippen molar-refractivity contribution in [3.8, 4) is 0 Å². The van der Waals surface area contributed by atoms with Gasteiger partial charge in [-0.2, -0.15) is 26.3 Å². The fourth-order valence-electron chi connectivity index (χ4n) is 1.75. The molecule has 21 heavy (non-hydrogen) atoms. The molecule has 0 radical (unpaired) electrons. The van der Waals surface area contributed by atoms with Gasteiger partial charge in [0.25, 0.3) is 0 Å². The molecule has 0 bridgehead atoms. The summed E-state index contributed by atoms with van der Waals surface area (Å²) in [5.74, 6) is 0. The minimum absolute atomic E-state index is 0.263. The van der Waals surface area contributed by atoms with E-state index in [0.717, 1.165) is 12.1 Å². The zero-order valence-electron chi connectivity index (χ0n) is 10.5. The molecule has 1 atom stereocenters. The van der Waals surface area contributed by atoms with Crippen molar-refractivity contribution in [2.75, 3.05) is 0 Å². The quantitative estimate of drug-likeness (QED) is 0.738. The molecular formula is C12H10BrF7O. The summed E-state index contributed by atoms with van der Waals surface area (Å²) in [6, 6.07) is 4.84. The standard InChI is InChI=1S/C12H10BrF7O/c1-9(21,7-2-4-8(13)5-3-7)6-10(14,11(15,16)17)12(18,19)20/h2-5,21H,6H2,1H3. The van der Waals surface area contributed by atoms with Gasteiger partial charge in [-0.3, -0.25) is 0 Å². The van der Waals surface area contributed by atoms with E-state index in [2.05, 4.69) is 15.9 Å². The molecule has 0 fully saturated rings. The second-order valence-corrected chi connectivity index (χ2v) is 5.67. The molecule has 0 saturated heterocycles. The highest BCUT2D eigenvalue weighted by atomic mass is 79.9. The van der Waals surface area contributed by atoms with Crippen molar-refractivity contribution >= 4 is 15.9 Å². The van der Waals surface area contributed by atoms with Gasteiger partial charge in [0.1, 0.15) is 0 Å². The van der Waals surface area contributed by atoms with Gasteiger partial charge < -0.3 is 5.11 Å². The first kappa shape index (κ1) is 18.2. The highest BCUT2D eigenvalue weighted by Gasteiger charge is 2.73. The molecule has 120 valence electrons. The Bertz CT molecular complexity index is 476. The van der Waals surface area contributed by atoms with Crippen LogP contribution in [-0.2, 0) is 5.60 Å². The minimum atomic E-state index is -6.19. The first-order valence-corrected chi connectivity index (χ1v) is 6.31. The number of halogens is 8. The average Bonchev–Trinajstić information content (AvgIpc) is 2.25. The minimum Gasteiger partial charge on any atom is -0.385 e. The van der Waals surface area contributed by atoms with Crippen molar-refractivity contribution in [2.24, 2.45) is 0 Å². The third-order valence-electron chi connectivity index (χ3n) is 2.95. The van der Waals surface area contributed by atoms with Crippen LogP contribution in [-0.4, -0.2) is 23.1 Å². The van der Waals surface area contributed by atoms with Gasteiger partial charge in [0.05, 0.1) is 5.60 Å². The molecule has 0 aliphatic heterocycles. The Hall–Kier alpha value is -0.830. The molecule has 1 aromatic carbocycles. The van der Waals surface area contributed by atoms with Crippen molar-refractivity contribution in [1.82, 2.24) is 0 Å². The molecule has 9 heteroatoms. The van der Waals surface area contributed by atoms with Gasteiger partial charge in [-0.1, -0.05) is 28.1 Å². The molecule has 0 aromatic heterocycles. The second-order valence-electron chi connectivity index (χ2n) is 4.75. The molecule has 0 heterocycles. The van der Waals surface area contributed by atoms with Crippen molar-refractivity contribution < 1.29 is 35.8 Å². The molecule has 1 N–H and O–H groups in total. The first-order valence-electron chi connectivity index (χ1n) is 5.51. The summed E-state index contributed by atoms with van der Waals surface area (Å²) in [4.78, 5) is 0. The Labute approximate surface area is 123 Å². The Morgan fingerprint density at radius 1 is 0.905 bits per heavy atom. The predicted molar refractivity (Wildman–Crippen MR) is 64.3 cm³/mol. The highest BCUT2D eigenvalue weighted by molar-refractivity contribution is 9.10. The van der Waals surface area contributed by atoms with E-state index >= 15 is 0 Å². The van der Waals surface area contributed by atoms with Crippen LogP contribution < -0.4 is 0 Å². The van der Waals surface area contributed by atoms with Crippen LogP contribution in [0, 0.1) is 0 Å². The molecule has 0 amide bonds. The number of hydrogen-bond acceptors (Lipinski definition) is 1. The van der Waals surface area contributed by atoms with Gasteiger partial charge in [-0.15, -0.1) is 0 Å². The predicted octanol–water partition coefficient (Wildman–Crippen LogP) is 4.88. The fourth-order valence-corrected chi connectivity index (χ4v) is 2.01. The summed E-state index contributed by atoms with van der Waals surface area (Å²) in [7, 11) is 0. The number of alkyl halides is 7. The Morgan fingerprint density at radius 2 is 1.29 bits per heavy atom. The fraction of sp³-hybridized carbons (Fsp3) is 0.500. The van der Waals surface area contributed by atoms with Crippen LogP contribution in [0.4, 0.5) is 30.7 Å². The van der Waals surface area contributed by atoms with Gasteiger partial charge in [-0.25, -0.2) is 4.39 Å². The SMILES string of the molecule is CC(O)(CC(F)(C(F)(F)F)C(F)(F)F)c1ccc(Br)cc1. The Balaban J connectivity index is 3.23. The van der Waals surface area contributed by atoms with Crippen LogP contribution in [0.1, 0.15) is 18.9 Å². The zero-order chi connectivity index (χ0) is 16.7. The topological polar surface area (TPSA) is 20.2 Å². The maximum absolute atomic E-state index is 13.6. The maximum atomic E-state index is 13.6. The van der Waals surface area contributed by atoms with E-state index in [1.165, 1.54) is 12.1 Å². The van der Waals surface area contributed by atoms with E-state index in [1.54, 1.807) is 0 Å². The summed E-state index contributed by atoms with van der Waals surface area (Å²) < 4.78 is 89.1.